The molecule has 4 aromatic carbocycles. The number of benzene rings is 4. The van der Waals surface area contributed by atoms with Crippen LogP contribution in [0.4, 0.5) is 0 Å². The normalized spacial score (nSPS) is 16.2. The van der Waals surface area contributed by atoms with Crippen LogP contribution in [0.15, 0.2) is 115 Å². The Bertz CT molecular complexity index is 1480. The average Bonchev–Trinajstić information content (AvgIpc) is 3.25. The molecule has 1 unspecified atom stereocenters. The van der Waals surface area contributed by atoms with Crippen molar-refractivity contribution in [2.24, 2.45) is 0 Å². The van der Waals surface area contributed by atoms with Gasteiger partial charge in [-0.15, -0.1) is 0 Å². The van der Waals surface area contributed by atoms with Gasteiger partial charge >= 0.3 is 0 Å². The fraction of sp³-hybridized carbons (Fsp3) is 0.176. The van der Waals surface area contributed by atoms with Crippen LogP contribution in [0, 0.1) is 0 Å². The van der Waals surface area contributed by atoms with E-state index in [0.717, 1.165) is 17.5 Å². The van der Waals surface area contributed by atoms with E-state index in [4.69, 9.17) is 9.47 Å². The second kappa shape index (κ2) is 12.3. The van der Waals surface area contributed by atoms with E-state index in [-0.39, 0.29) is 17.9 Å². The first-order chi connectivity index (χ1) is 19.5. The fourth-order valence-electron chi connectivity index (χ4n) is 4.74. The van der Waals surface area contributed by atoms with E-state index in [9.17, 15) is 14.7 Å². The first kappa shape index (κ1) is 26.8. The second-order valence-corrected chi connectivity index (χ2v) is 9.63. The summed E-state index contributed by atoms with van der Waals surface area (Å²) < 4.78 is 11.6. The number of nitrogens with zero attached hydrogens (tertiary/aromatic N) is 1. The minimum atomic E-state index is -0.764. The molecule has 6 heteroatoms. The maximum absolute atomic E-state index is 13.4. The summed E-state index contributed by atoms with van der Waals surface area (Å²) in [7, 11) is 0. The van der Waals surface area contributed by atoms with E-state index in [1.54, 1.807) is 24.3 Å². The van der Waals surface area contributed by atoms with Gasteiger partial charge in [-0.1, -0.05) is 79.7 Å². The molecule has 1 aliphatic heterocycles. The van der Waals surface area contributed by atoms with Crippen molar-refractivity contribution in [3.63, 3.8) is 0 Å². The molecule has 0 bridgehead atoms. The standard InChI is InChI=1S/C34H31NO5/c1-2-21-39-28-19-15-27(16-20-28)32(36)30-31(35(34(38)33(30)37)22-24-9-5-3-6-10-24)26-13-17-29(18-14-26)40-23-25-11-7-4-8-12-25/h3-20,31,36H,2,21-23H2,1H3/b32-30+. The Balaban J connectivity index is 1.48. The lowest BCUT2D eigenvalue weighted by Gasteiger charge is -2.25. The largest absolute Gasteiger partial charge is 0.507 e. The molecule has 6 nitrogen and oxygen atoms in total. The number of hydrogen-bond acceptors (Lipinski definition) is 5. The highest BCUT2D eigenvalue weighted by Crippen LogP contribution is 2.41. The number of ketones is 1. The van der Waals surface area contributed by atoms with Gasteiger partial charge in [0.25, 0.3) is 11.7 Å². The number of carbonyl (C=O) groups is 2. The summed E-state index contributed by atoms with van der Waals surface area (Å²) in [6.45, 7) is 3.26. The lowest BCUT2D eigenvalue weighted by atomic mass is 9.95. The Morgan fingerprint density at radius 1 is 0.750 bits per heavy atom. The minimum Gasteiger partial charge on any atom is -0.507 e. The molecule has 0 radical (unpaired) electrons. The molecule has 1 saturated heterocycles. The van der Waals surface area contributed by atoms with Gasteiger partial charge in [0.15, 0.2) is 0 Å². The SMILES string of the molecule is CCCOc1ccc(/C(O)=C2\C(=O)C(=O)N(Cc3ccccc3)C2c2ccc(OCc3ccccc3)cc2)cc1. The van der Waals surface area contributed by atoms with Gasteiger partial charge in [-0.25, -0.2) is 0 Å². The minimum absolute atomic E-state index is 0.0566. The van der Waals surface area contributed by atoms with Crippen molar-refractivity contribution in [2.75, 3.05) is 6.61 Å². The third-order valence-corrected chi connectivity index (χ3v) is 6.78. The number of hydrogen-bond donors (Lipinski definition) is 1. The van der Waals surface area contributed by atoms with E-state index < -0.39 is 17.7 Å². The van der Waals surface area contributed by atoms with Crippen molar-refractivity contribution in [2.45, 2.75) is 32.5 Å². The zero-order valence-electron chi connectivity index (χ0n) is 22.3. The number of rotatable bonds is 10. The van der Waals surface area contributed by atoms with E-state index >= 15 is 0 Å². The molecular weight excluding hydrogens is 502 g/mol. The molecule has 4 aromatic rings. The fourth-order valence-corrected chi connectivity index (χ4v) is 4.74. The van der Waals surface area contributed by atoms with Crippen LogP contribution in [0.2, 0.25) is 0 Å². The maximum atomic E-state index is 13.4. The number of likely N-dealkylation sites (tertiary alicyclic amines) is 1. The predicted octanol–water partition coefficient (Wildman–Crippen LogP) is 6.68. The second-order valence-electron chi connectivity index (χ2n) is 9.63. The summed E-state index contributed by atoms with van der Waals surface area (Å²) in [5, 5.41) is 11.4. The monoisotopic (exact) mass is 533 g/mol. The van der Waals surface area contributed by atoms with Gasteiger partial charge in [0.05, 0.1) is 18.2 Å². The molecule has 1 fully saturated rings. The van der Waals surface area contributed by atoms with Crippen LogP contribution < -0.4 is 9.47 Å². The maximum Gasteiger partial charge on any atom is 0.295 e. The molecule has 5 rings (SSSR count). The smallest absolute Gasteiger partial charge is 0.295 e. The number of Topliss-reactive ketones (excluding diaryl/α,β-unsaturated/α-hetero) is 1. The van der Waals surface area contributed by atoms with Crippen molar-refractivity contribution in [3.8, 4) is 11.5 Å². The van der Waals surface area contributed by atoms with Gasteiger partial charge in [-0.05, 0) is 59.5 Å². The summed E-state index contributed by atoms with van der Waals surface area (Å²) in [4.78, 5) is 28.2. The van der Waals surface area contributed by atoms with Crippen molar-refractivity contribution >= 4 is 17.4 Å². The molecule has 0 aliphatic carbocycles. The van der Waals surface area contributed by atoms with E-state index in [2.05, 4.69) is 0 Å². The zero-order valence-corrected chi connectivity index (χ0v) is 22.3. The lowest BCUT2D eigenvalue weighted by Crippen LogP contribution is -2.29. The van der Waals surface area contributed by atoms with Crippen LogP contribution >= 0.6 is 0 Å². The van der Waals surface area contributed by atoms with Crippen molar-refractivity contribution in [1.29, 1.82) is 0 Å². The molecule has 0 aromatic heterocycles. The number of ether oxygens (including phenoxy) is 2. The van der Waals surface area contributed by atoms with Gasteiger partial charge in [0, 0.05) is 12.1 Å². The average molecular weight is 534 g/mol. The van der Waals surface area contributed by atoms with Crippen LogP contribution in [0.5, 0.6) is 11.5 Å². The highest BCUT2D eigenvalue weighted by atomic mass is 16.5. The van der Waals surface area contributed by atoms with E-state index in [0.29, 0.717) is 35.8 Å². The quantitative estimate of drug-likeness (QED) is 0.140. The third kappa shape index (κ3) is 5.91. The van der Waals surface area contributed by atoms with Crippen LogP contribution in [0.3, 0.4) is 0 Å². The summed E-state index contributed by atoms with van der Waals surface area (Å²) in [5.41, 5.74) is 3.13. The Labute approximate surface area is 234 Å². The van der Waals surface area contributed by atoms with Crippen LogP contribution in [0.1, 0.15) is 41.6 Å². The van der Waals surface area contributed by atoms with Gasteiger partial charge in [0.1, 0.15) is 23.9 Å². The molecule has 40 heavy (non-hydrogen) atoms. The Morgan fingerprint density at radius 2 is 1.32 bits per heavy atom. The molecule has 1 aliphatic rings. The molecule has 1 atom stereocenters. The van der Waals surface area contributed by atoms with Crippen LogP contribution in [-0.4, -0.2) is 28.3 Å². The highest BCUT2D eigenvalue weighted by Gasteiger charge is 2.46. The number of aliphatic hydroxyl groups is 1. The third-order valence-electron chi connectivity index (χ3n) is 6.78. The Hall–Kier alpha value is -4.84. The van der Waals surface area contributed by atoms with Crippen molar-refractivity contribution in [1.82, 2.24) is 4.90 Å². The Kier molecular flexibility index (Phi) is 8.26. The zero-order chi connectivity index (χ0) is 27.9. The van der Waals surface area contributed by atoms with E-state index in [1.807, 2.05) is 91.9 Å². The lowest BCUT2D eigenvalue weighted by molar-refractivity contribution is -0.140. The molecular formula is C34H31NO5. The molecule has 1 heterocycles. The first-order valence-corrected chi connectivity index (χ1v) is 13.4. The van der Waals surface area contributed by atoms with E-state index in [1.165, 1.54) is 4.90 Å². The number of carbonyl (C=O) groups excluding carboxylic acids is 2. The Morgan fingerprint density at radius 3 is 1.95 bits per heavy atom. The van der Waals surface area contributed by atoms with Crippen LogP contribution in [0.25, 0.3) is 5.76 Å². The van der Waals surface area contributed by atoms with Crippen molar-refractivity contribution in [3.05, 3.63) is 137 Å². The van der Waals surface area contributed by atoms with Gasteiger partial charge < -0.3 is 19.5 Å². The number of aliphatic hydroxyl groups excluding tert-OH is 1. The van der Waals surface area contributed by atoms with Gasteiger partial charge in [-0.2, -0.15) is 0 Å². The van der Waals surface area contributed by atoms with Gasteiger partial charge in [-0.3, -0.25) is 9.59 Å². The first-order valence-electron chi connectivity index (χ1n) is 13.4. The molecule has 202 valence electrons. The molecule has 1 amide bonds. The number of amides is 1. The van der Waals surface area contributed by atoms with Crippen LogP contribution in [-0.2, 0) is 22.7 Å². The molecule has 1 N–H and O–H groups in total. The molecule has 0 spiro atoms. The predicted molar refractivity (Wildman–Crippen MR) is 154 cm³/mol. The summed E-state index contributed by atoms with van der Waals surface area (Å²) in [6.07, 6.45) is 0.878. The molecule has 0 saturated carbocycles. The topological polar surface area (TPSA) is 76.1 Å². The van der Waals surface area contributed by atoms with Crippen molar-refractivity contribution < 1.29 is 24.2 Å². The summed E-state index contributed by atoms with van der Waals surface area (Å²) >= 11 is 0. The van der Waals surface area contributed by atoms with Gasteiger partial charge in [0.2, 0.25) is 0 Å². The summed E-state index contributed by atoms with van der Waals surface area (Å²) in [6, 6.07) is 32.8. The summed E-state index contributed by atoms with van der Waals surface area (Å²) in [5.74, 6) is -0.247. The highest BCUT2D eigenvalue weighted by molar-refractivity contribution is 6.46.